The quantitative estimate of drug-likeness (QED) is 0.840. The first kappa shape index (κ1) is 13.8. The predicted molar refractivity (Wildman–Crippen MR) is 69.4 cm³/mol. The van der Waals surface area contributed by atoms with Crippen molar-refractivity contribution in [3.05, 3.63) is 29.8 Å². The van der Waals surface area contributed by atoms with E-state index in [0.29, 0.717) is 11.4 Å². The molecule has 0 atom stereocenters. The van der Waals surface area contributed by atoms with Gasteiger partial charge in [0, 0.05) is 18.5 Å². The van der Waals surface area contributed by atoms with Crippen LogP contribution in [0.2, 0.25) is 0 Å². The van der Waals surface area contributed by atoms with Crippen LogP contribution in [0.4, 0.5) is 0 Å². The molecule has 17 heavy (non-hydrogen) atoms. The zero-order valence-electron chi connectivity index (χ0n) is 10.4. The smallest absolute Gasteiger partial charge is 0.227 e. The molecule has 0 aliphatic carbocycles. The second kappa shape index (κ2) is 5.41. The summed E-state index contributed by atoms with van der Waals surface area (Å²) >= 11 is 5.82. The Morgan fingerprint density at radius 2 is 2.00 bits per heavy atom. The van der Waals surface area contributed by atoms with Gasteiger partial charge in [0.1, 0.15) is 5.75 Å². The van der Waals surface area contributed by atoms with Gasteiger partial charge < -0.3 is 10.0 Å². The zero-order chi connectivity index (χ0) is 13.1. The molecule has 1 rings (SSSR count). The number of carbonyl (C=O) groups is 1. The minimum absolute atomic E-state index is 0.0582. The summed E-state index contributed by atoms with van der Waals surface area (Å²) in [7, 11) is 1.73. The lowest BCUT2D eigenvalue weighted by molar-refractivity contribution is -0.133. The van der Waals surface area contributed by atoms with Gasteiger partial charge in [-0.3, -0.25) is 4.79 Å². The van der Waals surface area contributed by atoms with E-state index in [1.807, 2.05) is 13.8 Å². The Bertz CT molecular complexity index is 404. The number of hydrogen-bond acceptors (Lipinski definition) is 2. The van der Waals surface area contributed by atoms with Gasteiger partial charge >= 0.3 is 0 Å². The summed E-state index contributed by atoms with van der Waals surface area (Å²) in [5.74, 6) is 0.464. The summed E-state index contributed by atoms with van der Waals surface area (Å²) in [5.41, 5.74) is 0.248. The molecule has 0 bridgehead atoms. The number of para-hydroxylation sites is 1. The maximum Gasteiger partial charge on any atom is 0.227 e. The second-order valence-electron chi connectivity index (χ2n) is 4.70. The van der Waals surface area contributed by atoms with E-state index < -0.39 is 0 Å². The average molecular weight is 256 g/mol. The molecule has 0 fully saturated rings. The zero-order valence-corrected chi connectivity index (χ0v) is 11.2. The van der Waals surface area contributed by atoms with E-state index in [0.717, 1.165) is 0 Å². The highest BCUT2D eigenvalue weighted by Gasteiger charge is 2.26. The fourth-order valence-electron chi connectivity index (χ4n) is 1.37. The van der Waals surface area contributed by atoms with Crippen molar-refractivity contribution < 1.29 is 9.90 Å². The number of benzene rings is 1. The van der Waals surface area contributed by atoms with Gasteiger partial charge in [-0.2, -0.15) is 0 Å². The Labute approximate surface area is 107 Å². The standard InChI is InChI=1S/C13H18ClNO2/c1-13(2,9-14)15(3)12(17)8-10-6-4-5-7-11(10)16/h4-7,16H,8-9H2,1-3H3. The summed E-state index contributed by atoms with van der Waals surface area (Å²) in [5, 5.41) is 9.60. The third kappa shape index (κ3) is 3.37. The summed E-state index contributed by atoms with van der Waals surface area (Å²) in [6.45, 7) is 3.81. The Hall–Kier alpha value is -1.22. The summed E-state index contributed by atoms with van der Waals surface area (Å²) < 4.78 is 0. The number of nitrogens with zero attached hydrogens (tertiary/aromatic N) is 1. The minimum Gasteiger partial charge on any atom is -0.508 e. The first-order chi connectivity index (χ1) is 7.88. The van der Waals surface area contributed by atoms with Gasteiger partial charge in [-0.05, 0) is 19.9 Å². The van der Waals surface area contributed by atoms with E-state index in [1.165, 1.54) is 0 Å². The van der Waals surface area contributed by atoms with Crippen molar-refractivity contribution in [2.75, 3.05) is 12.9 Å². The first-order valence-electron chi connectivity index (χ1n) is 5.48. The lowest BCUT2D eigenvalue weighted by Gasteiger charge is -2.34. The van der Waals surface area contributed by atoms with Crippen molar-refractivity contribution in [1.82, 2.24) is 4.90 Å². The molecule has 0 heterocycles. The van der Waals surface area contributed by atoms with Crippen LogP contribution in [0.1, 0.15) is 19.4 Å². The van der Waals surface area contributed by atoms with Gasteiger partial charge in [0.15, 0.2) is 0 Å². The molecular weight excluding hydrogens is 238 g/mol. The van der Waals surface area contributed by atoms with E-state index in [-0.39, 0.29) is 23.6 Å². The largest absolute Gasteiger partial charge is 0.508 e. The van der Waals surface area contributed by atoms with Crippen molar-refractivity contribution in [1.29, 1.82) is 0 Å². The maximum absolute atomic E-state index is 12.0. The molecule has 1 amide bonds. The number of rotatable bonds is 4. The fourth-order valence-corrected chi connectivity index (χ4v) is 1.55. The number of phenols is 1. The Morgan fingerprint density at radius 1 is 1.41 bits per heavy atom. The van der Waals surface area contributed by atoms with Gasteiger partial charge in [-0.1, -0.05) is 18.2 Å². The predicted octanol–water partition coefficient (Wildman–Crippen LogP) is 2.41. The van der Waals surface area contributed by atoms with E-state index in [4.69, 9.17) is 11.6 Å². The molecule has 1 aromatic rings. The highest BCUT2D eigenvalue weighted by Crippen LogP contribution is 2.20. The summed E-state index contributed by atoms with van der Waals surface area (Å²) in [6.07, 6.45) is 0.184. The number of alkyl halides is 1. The van der Waals surface area contributed by atoms with Gasteiger partial charge in [0.25, 0.3) is 0 Å². The number of halogens is 1. The second-order valence-corrected chi connectivity index (χ2v) is 4.97. The van der Waals surface area contributed by atoms with Crippen LogP contribution in [0.5, 0.6) is 5.75 Å². The molecule has 1 N–H and O–H groups in total. The monoisotopic (exact) mass is 255 g/mol. The third-order valence-electron chi connectivity index (χ3n) is 2.94. The molecule has 3 nitrogen and oxygen atoms in total. The van der Waals surface area contributed by atoms with Crippen LogP contribution >= 0.6 is 11.6 Å². The Morgan fingerprint density at radius 3 is 2.53 bits per heavy atom. The number of likely N-dealkylation sites (N-methyl/N-ethyl adjacent to an activating group) is 1. The van der Waals surface area contributed by atoms with E-state index >= 15 is 0 Å². The Balaban J connectivity index is 2.77. The summed E-state index contributed by atoms with van der Waals surface area (Å²) in [4.78, 5) is 13.6. The van der Waals surface area contributed by atoms with Crippen LogP contribution in [0, 0.1) is 0 Å². The lowest BCUT2D eigenvalue weighted by atomic mass is 10.0. The van der Waals surface area contributed by atoms with Crippen molar-refractivity contribution in [2.24, 2.45) is 0 Å². The fraction of sp³-hybridized carbons (Fsp3) is 0.462. The van der Waals surface area contributed by atoms with Gasteiger partial charge in [0.2, 0.25) is 5.91 Å². The van der Waals surface area contributed by atoms with Crippen molar-refractivity contribution in [3.63, 3.8) is 0 Å². The number of carbonyl (C=O) groups excluding carboxylic acids is 1. The van der Waals surface area contributed by atoms with E-state index in [2.05, 4.69) is 0 Å². The molecular formula is C13H18ClNO2. The lowest BCUT2D eigenvalue weighted by Crippen LogP contribution is -2.47. The van der Waals surface area contributed by atoms with E-state index in [1.54, 1.807) is 36.2 Å². The van der Waals surface area contributed by atoms with Crippen LogP contribution in [0.15, 0.2) is 24.3 Å². The van der Waals surface area contributed by atoms with Crippen LogP contribution in [0.3, 0.4) is 0 Å². The molecule has 4 heteroatoms. The normalized spacial score (nSPS) is 11.3. The number of phenolic OH excluding ortho intramolecular Hbond substituents is 1. The van der Waals surface area contributed by atoms with Crippen LogP contribution in [0.25, 0.3) is 0 Å². The average Bonchev–Trinajstić information content (AvgIpc) is 2.31. The molecule has 1 aromatic carbocycles. The molecule has 0 saturated heterocycles. The minimum atomic E-state index is -0.386. The molecule has 0 aliphatic rings. The van der Waals surface area contributed by atoms with Crippen molar-refractivity contribution in [2.45, 2.75) is 25.8 Å². The topological polar surface area (TPSA) is 40.5 Å². The maximum atomic E-state index is 12.0. The van der Waals surface area contributed by atoms with Gasteiger partial charge in [0.05, 0.1) is 12.0 Å². The molecule has 0 aliphatic heterocycles. The van der Waals surface area contributed by atoms with Crippen LogP contribution in [-0.2, 0) is 11.2 Å². The van der Waals surface area contributed by atoms with Crippen LogP contribution < -0.4 is 0 Å². The highest BCUT2D eigenvalue weighted by molar-refractivity contribution is 6.18. The Kier molecular flexibility index (Phi) is 4.40. The summed E-state index contributed by atoms with van der Waals surface area (Å²) in [6, 6.07) is 6.86. The third-order valence-corrected chi connectivity index (χ3v) is 3.60. The molecule has 0 radical (unpaired) electrons. The molecule has 0 aromatic heterocycles. The van der Waals surface area contributed by atoms with E-state index in [9.17, 15) is 9.90 Å². The number of aromatic hydroxyl groups is 1. The van der Waals surface area contributed by atoms with Crippen molar-refractivity contribution >= 4 is 17.5 Å². The highest BCUT2D eigenvalue weighted by atomic mass is 35.5. The molecule has 0 spiro atoms. The molecule has 0 unspecified atom stereocenters. The number of amides is 1. The number of hydrogen-bond donors (Lipinski definition) is 1. The van der Waals surface area contributed by atoms with Crippen molar-refractivity contribution in [3.8, 4) is 5.75 Å². The SMILES string of the molecule is CN(C(=O)Cc1ccccc1O)C(C)(C)CCl. The first-order valence-corrected chi connectivity index (χ1v) is 6.01. The van der Waals surface area contributed by atoms with Gasteiger partial charge in [-0.15, -0.1) is 11.6 Å². The van der Waals surface area contributed by atoms with Crippen LogP contribution in [-0.4, -0.2) is 34.4 Å². The molecule has 0 saturated carbocycles. The molecule has 94 valence electrons. The van der Waals surface area contributed by atoms with Gasteiger partial charge in [-0.25, -0.2) is 0 Å².